The SMILES string of the molecule is COc1ccc(N2C[C@H](c3noc(-c4ccc(C(C)(C)C)cc4)n3)CC2=O)cc1. The molecule has 3 aromatic rings. The fraction of sp³-hybridized carbons (Fsp3) is 0.348. The van der Waals surface area contributed by atoms with Crippen LogP contribution in [-0.2, 0) is 10.2 Å². The van der Waals surface area contributed by atoms with Gasteiger partial charge in [0.2, 0.25) is 5.91 Å². The van der Waals surface area contributed by atoms with Gasteiger partial charge < -0.3 is 14.2 Å². The van der Waals surface area contributed by atoms with E-state index in [4.69, 9.17) is 9.26 Å². The third-order valence-corrected chi connectivity index (χ3v) is 5.31. The molecule has 0 unspecified atom stereocenters. The summed E-state index contributed by atoms with van der Waals surface area (Å²) in [5.41, 5.74) is 3.07. The van der Waals surface area contributed by atoms with E-state index in [0.717, 1.165) is 17.0 Å². The highest BCUT2D eigenvalue weighted by molar-refractivity contribution is 5.96. The van der Waals surface area contributed by atoms with Crippen LogP contribution in [0, 0.1) is 0 Å². The zero-order valence-electron chi connectivity index (χ0n) is 17.2. The van der Waals surface area contributed by atoms with Crippen molar-refractivity contribution in [3.8, 4) is 17.2 Å². The van der Waals surface area contributed by atoms with Crippen molar-refractivity contribution in [2.24, 2.45) is 0 Å². The Balaban J connectivity index is 1.50. The molecule has 0 bridgehead atoms. The first-order valence-corrected chi connectivity index (χ1v) is 9.74. The molecule has 2 heterocycles. The van der Waals surface area contributed by atoms with Crippen molar-refractivity contribution >= 4 is 11.6 Å². The summed E-state index contributed by atoms with van der Waals surface area (Å²) in [6, 6.07) is 15.7. The van der Waals surface area contributed by atoms with E-state index >= 15 is 0 Å². The number of rotatable bonds is 4. The highest BCUT2D eigenvalue weighted by atomic mass is 16.5. The largest absolute Gasteiger partial charge is 0.497 e. The summed E-state index contributed by atoms with van der Waals surface area (Å²) in [4.78, 5) is 18.9. The van der Waals surface area contributed by atoms with Gasteiger partial charge in [-0.2, -0.15) is 4.98 Å². The van der Waals surface area contributed by atoms with Crippen LogP contribution >= 0.6 is 0 Å². The topological polar surface area (TPSA) is 68.5 Å². The lowest BCUT2D eigenvalue weighted by atomic mass is 9.87. The first-order valence-electron chi connectivity index (χ1n) is 9.74. The second kappa shape index (κ2) is 7.35. The van der Waals surface area contributed by atoms with Crippen LogP contribution in [0.15, 0.2) is 53.1 Å². The summed E-state index contributed by atoms with van der Waals surface area (Å²) in [6.45, 7) is 7.07. The van der Waals surface area contributed by atoms with E-state index in [0.29, 0.717) is 24.7 Å². The van der Waals surface area contributed by atoms with Crippen LogP contribution in [0.4, 0.5) is 5.69 Å². The lowest BCUT2D eigenvalue weighted by molar-refractivity contribution is -0.117. The van der Waals surface area contributed by atoms with Crippen LogP contribution in [0.5, 0.6) is 5.75 Å². The maximum Gasteiger partial charge on any atom is 0.257 e. The van der Waals surface area contributed by atoms with Gasteiger partial charge in [-0.15, -0.1) is 0 Å². The van der Waals surface area contributed by atoms with E-state index in [1.54, 1.807) is 12.0 Å². The van der Waals surface area contributed by atoms with E-state index in [1.807, 2.05) is 36.4 Å². The highest BCUT2D eigenvalue weighted by Crippen LogP contribution is 2.32. The first-order chi connectivity index (χ1) is 13.8. The second-order valence-corrected chi connectivity index (χ2v) is 8.39. The van der Waals surface area contributed by atoms with Crippen molar-refractivity contribution in [2.75, 3.05) is 18.6 Å². The molecule has 4 rings (SSSR count). The fourth-order valence-electron chi connectivity index (χ4n) is 3.52. The molecule has 2 aromatic carbocycles. The lowest BCUT2D eigenvalue weighted by Gasteiger charge is -2.18. The molecule has 1 aliphatic rings. The van der Waals surface area contributed by atoms with Gasteiger partial charge in [-0.1, -0.05) is 38.1 Å². The molecule has 1 atom stereocenters. The smallest absolute Gasteiger partial charge is 0.257 e. The molecule has 0 aliphatic carbocycles. The zero-order chi connectivity index (χ0) is 20.6. The number of hydrogen-bond donors (Lipinski definition) is 0. The van der Waals surface area contributed by atoms with E-state index in [-0.39, 0.29) is 17.2 Å². The Morgan fingerprint density at radius 3 is 2.38 bits per heavy atom. The number of aromatic nitrogens is 2. The van der Waals surface area contributed by atoms with Crippen LogP contribution in [-0.4, -0.2) is 29.7 Å². The van der Waals surface area contributed by atoms with Gasteiger partial charge in [0, 0.05) is 30.1 Å². The monoisotopic (exact) mass is 391 g/mol. The molecule has 6 heteroatoms. The Morgan fingerprint density at radius 2 is 1.76 bits per heavy atom. The summed E-state index contributed by atoms with van der Waals surface area (Å²) in [7, 11) is 1.62. The molecule has 0 N–H and O–H groups in total. The summed E-state index contributed by atoms with van der Waals surface area (Å²) >= 11 is 0. The molecule has 150 valence electrons. The molecule has 1 saturated heterocycles. The maximum atomic E-state index is 12.5. The number of methoxy groups -OCH3 is 1. The molecule has 6 nitrogen and oxygen atoms in total. The zero-order valence-corrected chi connectivity index (χ0v) is 17.2. The minimum atomic E-state index is -0.0871. The number of carbonyl (C=O) groups excluding carboxylic acids is 1. The molecule has 29 heavy (non-hydrogen) atoms. The average molecular weight is 391 g/mol. The average Bonchev–Trinajstić information content (AvgIpc) is 3.34. The third-order valence-electron chi connectivity index (χ3n) is 5.31. The van der Waals surface area contributed by atoms with Crippen LogP contribution in [0.2, 0.25) is 0 Å². The van der Waals surface area contributed by atoms with Crippen LogP contribution in [0.1, 0.15) is 44.5 Å². The van der Waals surface area contributed by atoms with Gasteiger partial charge >= 0.3 is 0 Å². The standard InChI is InChI=1S/C23H25N3O3/c1-23(2,3)17-7-5-15(6-8-17)22-24-21(25-29-22)16-13-20(27)26(14-16)18-9-11-19(28-4)12-10-18/h5-12,16H,13-14H2,1-4H3/t16-/m1/s1. The maximum absolute atomic E-state index is 12.5. The minimum absolute atomic E-state index is 0.0565. The third kappa shape index (κ3) is 3.88. The highest BCUT2D eigenvalue weighted by Gasteiger charge is 2.34. The molecule has 0 spiro atoms. The number of ether oxygens (including phenoxy) is 1. The van der Waals surface area contributed by atoms with Crippen LogP contribution < -0.4 is 9.64 Å². The van der Waals surface area contributed by atoms with Gasteiger partial charge in [-0.3, -0.25) is 4.79 Å². The quantitative estimate of drug-likeness (QED) is 0.652. The van der Waals surface area contributed by atoms with E-state index < -0.39 is 0 Å². The number of anilines is 1. The van der Waals surface area contributed by atoms with Gasteiger partial charge in [-0.05, 0) is 47.4 Å². The molecule has 1 fully saturated rings. The van der Waals surface area contributed by atoms with Crippen molar-refractivity contribution in [2.45, 2.75) is 38.5 Å². The van der Waals surface area contributed by atoms with Gasteiger partial charge in [0.15, 0.2) is 5.82 Å². The van der Waals surface area contributed by atoms with Crippen molar-refractivity contribution in [3.05, 3.63) is 59.9 Å². The van der Waals surface area contributed by atoms with E-state index in [1.165, 1.54) is 5.56 Å². The summed E-state index contributed by atoms with van der Waals surface area (Å²) in [5, 5.41) is 4.15. The molecule has 1 amide bonds. The Bertz CT molecular complexity index is 1000. The van der Waals surface area contributed by atoms with Crippen molar-refractivity contribution < 1.29 is 14.1 Å². The Kier molecular flexibility index (Phi) is 4.86. The summed E-state index contributed by atoms with van der Waals surface area (Å²) in [6.07, 6.45) is 0.369. The number of carbonyl (C=O) groups is 1. The predicted molar refractivity (Wildman–Crippen MR) is 111 cm³/mol. The van der Waals surface area contributed by atoms with E-state index in [9.17, 15) is 4.79 Å². The van der Waals surface area contributed by atoms with Crippen LogP contribution in [0.3, 0.4) is 0 Å². The van der Waals surface area contributed by atoms with Gasteiger partial charge in [0.25, 0.3) is 5.89 Å². The molecule has 0 radical (unpaired) electrons. The van der Waals surface area contributed by atoms with Crippen LogP contribution in [0.25, 0.3) is 11.5 Å². The summed E-state index contributed by atoms with van der Waals surface area (Å²) < 4.78 is 10.7. The minimum Gasteiger partial charge on any atom is -0.497 e. The fourth-order valence-corrected chi connectivity index (χ4v) is 3.52. The predicted octanol–water partition coefficient (Wildman–Crippen LogP) is 4.56. The molecule has 1 aromatic heterocycles. The van der Waals surface area contributed by atoms with Crippen molar-refractivity contribution in [1.82, 2.24) is 10.1 Å². The van der Waals surface area contributed by atoms with Gasteiger partial charge in [0.1, 0.15) is 5.75 Å². The van der Waals surface area contributed by atoms with Gasteiger partial charge in [0.05, 0.1) is 7.11 Å². The van der Waals surface area contributed by atoms with Gasteiger partial charge in [-0.25, -0.2) is 0 Å². The second-order valence-electron chi connectivity index (χ2n) is 8.39. The lowest BCUT2D eigenvalue weighted by Crippen LogP contribution is -2.24. The molecular formula is C23H25N3O3. The molecule has 1 aliphatic heterocycles. The molecule has 0 saturated carbocycles. The Labute approximate surface area is 170 Å². The number of benzene rings is 2. The normalized spacial score (nSPS) is 17.0. The van der Waals surface area contributed by atoms with Crippen molar-refractivity contribution in [1.29, 1.82) is 0 Å². The molecular weight excluding hydrogens is 366 g/mol. The van der Waals surface area contributed by atoms with Crippen molar-refractivity contribution in [3.63, 3.8) is 0 Å². The summed E-state index contributed by atoms with van der Waals surface area (Å²) in [5.74, 6) is 1.79. The number of amides is 1. The van der Waals surface area contributed by atoms with E-state index in [2.05, 4.69) is 43.0 Å². The number of hydrogen-bond acceptors (Lipinski definition) is 5. The Hall–Kier alpha value is -3.15. The number of nitrogens with zero attached hydrogens (tertiary/aromatic N) is 3. The first kappa shape index (κ1) is 19.2. The Morgan fingerprint density at radius 1 is 1.07 bits per heavy atom.